The molecule has 2 aliphatic carbocycles. The number of benzene rings is 1. The van der Waals surface area contributed by atoms with Crippen molar-refractivity contribution >= 4 is 34.8 Å². The van der Waals surface area contributed by atoms with Gasteiger partial charge in [-0.15, -0.1) is 0 Å². The third-order valence-electron chi connectivity index (χ3n) is 11.7. The monoisotopic (exact) mass is 762 g/mol. The molecule has 0 fully saturated rings. The summed E-state index contributed by atoms with van der Waals surface area (Å²) >= 11 is 0. The second-order valence-corrected chi connectivity index (χ2v) is 15.1. The lowest BCUT2D eigenvalue weighted by molar-refractivity contribution is -0.172. The number of hydrogen-bond donors (Lipinski definition) is 6. The maximum Gasteiger partial charge on any atom is 0.408 e. The molecule has 0 bridgehead atoms. The van der Waals surface area contributed by atoms with E-state index in [4.69, 9.17) is 14.5 Å². The number of ether oxygens (including phenoxy) is 2. The Kier molecular flexibility index (Phi) is 9.80. The summed E-state index contributed by atoms with van der Waals surface area (Å²) in [4.78, 5) is 70.0. The van der Waals surface area contributed by atoms with Gasteiger partial charge in [-0.3, -0.25) is 9.59 Å². The predicted octanol–water partition coefficient (Wildman–Crippen LogP) is 3.02. The number of nitrogens with one attached hydrogen (secondary N) is 2. The maximum absolute atomic E-state index is 15.3. The SMILES string of the molecule is CC[C@@]1(O)C(=O)OCc2c1cc1n(c2=O)Cc2c-1nc1cc(F)c(C)c3c1c2[C@@H](NC(=O)O[C@H]1/C=C/CC[C@@](C)(C(=O)N[C@@H](CC(O)O)C(=O)O)CC1)CC3. The minimum atomic E-state index is -2.03. The van der Waals surface area contributed by atoms with Gasteiger partial charge < -0.3 is 45.1 Å². The van der Waals surface area contributed by atoms with Crippen molar-refractivity contribution in [3.8, 4) is 11.4 Å². The first-order valence-corrected chi connectivity index (χ1v) is 18.4. The second kappa shape index (κ2) is 14.1. The standard InChI is InChI=1S/C39H43FN4O11/c1-4-39(53)23-13-28-32-21(16-44(28)33(47)22(23)17-54-36(39)51)31-25(9-8-20-18(2)24(40)14-26(41-32)30(20)31)43-37(52)55-19-7-5-6-11-38(3,12-10-19)35(50)42-27(34(48)49)15-29(45)46/h5,7,13-14,19,25,27,29,45-46,53H,4,6,8-12,15-17H2,1-3H3,(H,42,50)(H,43,52)(H,48,49)/b7-5+/t19-,25-,27-,38+,39-/m0/s1. The number of carboxylic acids is 1. The number of carbonyl (C=O) groups is 4. The topological polar surface area (TPSA) is 227 Å². The third kappa shape index (κ3) is 6.55. The molecule has 2 aliphatic heterocycles. The van der Waals surface area contributed by atoms with Crippen LogP contribution in [0.4, 0.5) is 9.18 Å². The van der Waals surface area contributed by atoms with Gasteiger partial charge in [0, 0.05) is 34.4 Å². The van der Waals surface area contributed by atoms with E-state index < -0.39 is 77.2 Å². The number of cyclic esters (lactones) is 1. The summed E-state index contributed by atoms with van der Waals surface area (Å²) in [5.74, 6) is -3.27. The van der Waals surface area contributed by atoms with Gasteiger partial charge in [-0.2, -0.15) is 0 Å². The molecule has 15 nitrogen and oxygen atoms in total. The average molecular weight is 763 g/mol. The number of aromatic nitrogens is 2. The Labute approximate surface area is 314 Å². The quantitative estimate of drug-likeness (QED) is 0.0866. The minimum absolute atomic E-state index is 0.0314. The van der Waals surface area contributed by atoms with E-state index in [0.717, 1.165) is 5.56 Å². The molecule has 7 rings (SSSR count). The molecule has 292 valence electrons. The van der Waals surface area contributed by atoms with E-state index in [-0.39, 0.29) is 43.5 Å². The van der Waals surface area contributed by atoms with Crippen LogP contribution in [0, 0.1) is 18.2 Å². The third-order valence-corrected chi connectivity index (χ3v) is 11.7. The molecule has 0 spiro atoms. The normalized spacial score (nSPS) is 25.1. The van der Waals surface area contributed by atoms with Gasteiger partial charge in [0.1, 0.15) is 24.6 Å². The summed E-state index contributed by atoms with van der Waals surface area (Å²) in [5.41, 5.74) is 0.325. The molecule has 4 heterocycles. The molecular formula is C39H43FN4O11. The van der Waals surface area contributed by atoms with Crippen LogP contribution >= 0.6 is 0 Å². The van der Waals surface area contributed by atoms with Crippen LogP contribution < -0.4 is 16.2 Å². The van der Waals surface area contributed by atoms with Gasteiger partial charge in [0.2, 0.25) is 5.91 Å². The zero-order valence-electron chi connectivity index (χ0n) is 30.6. The lowest BCUT2D eigenvalue weighted by atomic mass is 9.77. The Balaban J connectivity index is 1.17. The van der Waals surface area contributed by atoms with Gasteiger partial charge in [0.15, 0.2) is 11.9 Å². The number of esters is 1. The highest BCUT2D eigenvalue weighted by Gasteiger charge is 2.46. The van der Waals surface area contributed by atoms with Crippen molar-refractivity contribution in [2.45, 2.75) is 115 Å². The van der Waals surface area contributed by atoms with Gasteiger partial charge in [-0.05, 0) is 80.7 Å². The van der Waals surface area contributed by atoms with Crippen LogP contribution in [-0.4, -0.2) is 72.4 Å². The van der Waals surface area contributed by atoms with E-state index in [2.05, 4.69) is 10.6 Å². The summed E-state index contributed by atoms with van der Waals surface area (Å²) in [6.07, 6.45) is 1.56. The van der Waals surface area contributed by atoms with Crippen LogP contribution in [0.5, 0.6) is 0 Å². The van der Waals surface area contributed by atoms with Crippen molar-refractivity contribution in [1.82, 2.24) is 20.2 Å². The fraction of sp³-hybridized carbons (Fsp3) is 0.487. The van der Waals surface area contributed by atoms with E-state index in [1.165, 1.54) is 10.6 Å². The lowest BCUT2D eigenvalue weighted by Crippen LogP contribution is -2.49. The summed E-state index contributed by atoms with van der Waals surface area (Å²) in [7, 11) is 0. The summed E-state index contributed by atoms with van der Waals surface area (Å²) < 4.78 is 27.9. The number of amides is 2. The van der Waals surface area contributed by atoms with E-state index >= 15 is 4.39 Å². The van der Waals surface area contributed by atoms with E-state index in [1.54, 1.807) is 39.0 Å². The number of carboxylic acid groups (broad SMARTS) is 1. The number of rotatable bonds is 8. The average Bonchev–Trinajstić information content (AvgIpc) is 3.50. The molecule has 3 aromatic rings. The first-order chi connectivity index (χ1) is 26.1. The lowest BCUT2D eigenvalue weighted by Gasteiger charge is -2.32. The number of pyridine rings is 2. The van der Waals surface area contributed by atoms with Crippen LogP contribution in [0.3, 0.4) is 0 Å². The van der Waals surface area contributed by atoms with Crippen molar-refractivity contribution in [2.24, 2.45) is 5.41 Å². The summed E-state index contributed by atoms with van der Waals surface area (Å²) in [5, 5.41) is 45.4. The predicted molar refractivity (Wildman–Crippen MR) is 192 cm³/mol. The largest absolute Gasteiger partial charge is 0.480 e. The number of halogens is 1. The van der Waals surface area contributed by atoms with Gasteiger partial charge in [-0.25, -0.2) is 23.8 Å². The number of nitrogens with zero attached hydrogens (tertiary/aromatic N) is 2. The molecule has 2 aromatic heterocycles. The number of aliphatic carboxylic acids is 1. The van der Waals surface area contributed by atoms with Gasteiger partial charge in [0.25, 0.3) is 5.56 Å². The number of aliphatic hydroxyl groups excluding tert-OH is 1. The van der Waals surface area contributed by atoms with Gasteiger partial charge in [0.05, 0.1) is 35.1 Å². The Morgan fingerprint density at radius 1 is 1.15 bits per heavy atom. The molecule has 6 N–H and O–H groups in total. The Bertz CT molecular complexity index is 2240. The molecule has 0 unspecified atom stereocenters. The molecule has 16 heteroatoms. The number of allylic oxidation sites excluding steroid dienone is 1. The molecule has 2 amide bonds. The molecule has 0 saturated carbocycles. The number of aryl methyl sites for hydroxylation is 1. The van der Waals surface area contributed by atoms with Crippen molar-refractivity contribution < 1.29 is 53.5 Å². The molecule has 0 saturated heterocycles. The van der Waals surface area contributed by atoms with Crippen LogP contribution in [0.25, 0.3) is 22.3 Å². The highest BCUT2D eigenvalue weighted by atomic mass is 19.1. The molecule has 55 heavy (non-hydrogen) atoms. The van der Waals surface area contributed by atoms with Crippen LogP contribution in [-0.2, 0) is 49.0 Å². The number of alkyl carbamates (subject to hydrolysis) is 1. The Morgan fingerprint density at radius 3 is 2.62 bits per heavy atom. The van der Waals surface area contributed by atoms with Crippen LogP contribution in [0.15, 0.2) is 29.1 Å². The molecule has 5 atom stereocenters. The Hall–Kier alpha value is -5.19. The zero-order valence-corrected chi connectivity index (χ0v) is 30.6. The van der Waals surface area contributed by atoms with Crippen molar-refractivity contribution in [2.75, 3.05) is 0 Å². The number of hydrogen-bond acceptors (Lipinski definition) is 11. The van der Waals surface area contributed by atoms with Crippen LogP contribution in [0.2, 0.25) is 0 Å². The van der Waals surface area contributed by atoms with E-state index in [9.17, 15) is 44.4 Å². The first kappa shape index (κ1) is 38.1. The second-order valence-electron chi connectivity index (χ2n) is 15.1. The fourth-order valence-electron chi connectivity index (χ4n) is 8.43. The fourth-order valence-corrected chi connectivity index (χ4v) is 8.43. The molecular weight excluding hydrogens is 719 g/mol. The highest BCUT2D eigenvalue weighted by molar-refractivity contribution is 5.94. The number of aliphatic hydroxyl groups is 3. The van der Waals surface area contributed by atoms with Crippen molar-refractivity contribution in [3.05, 3.63) is 73.8 Å². The van der Waals surface area contributed by atoms with Gasteiger partial charge >= 0.3 is 18.0 Å². The van der Waals surface area contributed by atoms with Crippen LogP contribution in [0.1, 0.15) is 98.2 Å². The van der Waals surface area contributed by atoms with Crippen molar-refractivity contribution in [3.63, 3.8) is 0 Å². The summed E-state index contributed by atoms with van der Waals surface area (Å²) in [6, 6.07) is 0.772. The Morgan fingerprint density at radius 2 is 1.91 bits per heavy atom. The molecule has 1 aromatic carbocycles. The van der Waals surface area contributed by atoms with Crippen molar-refractivity contribution in [1.29, 1.82) is 0 Å². The first-order valence-electron chi connectivity index (χ1n) is 18.4. The smallest absolute Gasteiger partial charge is 0.408 e. The van der Waals surface area contributed by atoms with Gasteiger partial charge in [-0.1, -0.05) is 19.9 Å². The number of carbonyl (C=O) groups excluding carboxylic acids is 3. The maximum atomic E-state index is 15.3. The number of fused-ring (bicyclic) bond motifs is 5. The minimum Gasteiger partial charge on any atom is -0.480 e. The highest BCUT2D eigenvalue weighted by Crippen LogP contribution is 2.46. The molecule has 4 aliphatic rings. The zero-order chi connectivity index (χ0) is 39.6. The summed E-state index contributed by atoms with van der Waals surface area (Å²) in [6.45, 7) is 4.75. The molecule has 0 radical (unpaired) electrons. The van der Waals surface area contributed by atoms with E-state index in [1.807, 2.05) is 0 Å². The van der Waals surface area contributed by atoms with E-state index in [0.29, 0.717) is 64.7 Å².